The van der Waals surface area contributed by atoms with Crippen LogP contribution in [-0.4, -0.2) is 27.8 Å². The standard InChI is InChI=1S/C10H18OS2/c1-4-7(2)9(11)10-8(3)12-5-6-13-10/h7-8,10H,4-6H2,1-3H3. The second kappa shape index (κ2) is 5.30. The molecule has 1 aliphatic rings. The molecule has 0 aromatic rings. The number of thioether (sulfide) groups is 2. The second-order valence-electron chi connectivity index (χ2n) is 3.58. The van der Waals surface area contributed by atoms with Gasteiger partial charge >= 0.3 is 0 Å². The van der Waals surface area contributed by atoms with Gasteiger partial charge in [-0.2, -0.15) is 11.8 Å². The minimum Gasteiger partial charge on any atom is -0.298 e. The zero-order chi connectivity index (χ0) is 9.84. The van der Waals surface area contributed by atoms with Crippen LogP contribution in [0.3, 0.4) is 0 Å². The van der Waals surface area contributed by atoms with E-state index in [1.807, 2.05) is 23.5 Å². The summed E-state index contributed by atoms with van der Waals surface area (Å²) in [7, 11) is 0. The Morgan fingerprint density at radius 1 is 1.46 bits per heavy atom. The lowest BCUT2D eigenvalue weighted by Gasteiger charge is -2.28. The summed E-state index contributed by atoms with van der Waals surface area (Å²) in [4.78, 5) is 11.9. The molecule has 1 nitrogen and oxygen atoms in total. The highest BCUT2D eigenvalue weighted by molar-refractivity contribution is 8.07. The molecule has 1 heterocycles. The summed E-state index contributed by atoms with van der Waals surface area (Å²) in [5.41, 5.74) is 0. The molecule has 3 heteroatoms. The van der Waals surface area contributed by atoms with Crippen molar-refractivity contribution in [2.45, 2.75) is 37.7 Å². The van der Waals surface area contributed by atoms with E-state index in [0.717, 1.165) is 12.2 Å². The van der Waals surface area contributed by atoms with E-state index in [1.54, 1.807) is 0 Å². The average Bonchev–Trinajstić information content (AvgIpc) is 2.16. The van der Waals surface area contributed by atoms with Crippen molar-refractivity contribution in [3.63, 3.8) is 0 Å². The third-order valence-corrected chi connectivity index (χ3v) is 5.67. The van der Waals surface area contributed by atoms with E-state index in [9.17, 15) is 4.79 Å². The largest absolute Gasteiger partial charge is 0.298 e. The van der Waals surface area contributed by atoms with Crippen LogP contribution in [0.15, 0.2) is 0 Å². The highest BCUT2D eigenvalue weighted by atomic mass is 32.2. The van der Waals surface area contributed by atoms with Crippen molar-refractivity contribution in [1.82, 2.24) is 0 Å². The zero-order valence-electron chi connectivity index (χ0n) is 8.58. The maximum Gasteiger partial charge on any atom is 0.149 e. The van der Waals surface area contributed by atoms with Crippen molar-refractivity contribution >= 4 is 29.3 Å². The molecule has 0 spiro atoms. The summed E-state index contributed by atoms with van der Waals surface area (Å²) >= 11 is 3.79. The fraction of sp³-hybridized carbons (Fsp3) is 0.900. The summed E-state index contributed by atoms with van der Waals surface area (Å²) < 4.78 is 0. The molecule has 0 amide bonds. The molecule has 0 aliphatic carbocycles. The predicted octanol–water partition coefficient (Wildman–Crippen LogP) is 2.84. The van der Waals surface area contributed by atoms with Gasteiger partial charge in [0.05, 0.1) is 5.25 Å². The van der Waals surface area contributed by atoms with Crippen LogP contribution in [0, 0.1) is 5.92 Å². The molecule has 13 heavy (non-hydrogen) atoms. The van der Waals surface area contributed by atoms with E-state index in [1.165, 1.54) is 5.75 Å². The van der Waals surface area contributed by atoms with Gasteiger partial charge in [0.2, 0.25) is 0 Å². The summed E-state index contributed by atoms with van der Waals surface area (Å²) in [5, 5.41) is 0.772. The Bertz CT molecular complexity index is 182. The van der Waals surface area contributed by atoms with Crippen LogP contribution in [0.4, 0.5) is 0 Å². The molecule has 1 rings (SSSR count). The van der Waals surface area contributed by atoms with Gasteiger partial charge in [-0.3, -0.25) is 4.79 Å². The fourth-order valence-electron chi connectivity index (χ4n) is 1.43. The maximum atomic E-state index is 11.9. The van der Waals surface area contributed by atoms with Gasteiger partial charge in [-0.25, -0.2) is 0 Å². The van der Waals surface area contributed by atoms with E-state index < -0.39 is 0 Å². The molecule has 3 atom stereocenters. The quantitative estimate of drug-likeness (QED) is 0.725. The van der Waals surface area contributed by atoms with E-state index in [2.05, 4.69) is 20.8 Å². The predicted molar refractivity (Wildman–Crippen MR) is 62.6 cm³/mol. The van der Waals surface area contributed by atoms with Gasteiger partial charge in [0.15, 0.2) is 0 Å². The van der Waals surface area contributed by atoms with Crippen molar-refractivity contribution in [3.8, 4) is 0 Å². The lowest BCUT2D eigenvalue weighted by Crippen LogP contribution is -2.34. The van der Waals surface area contributed by atoms with Gasteiger partial charge in [-0.1, -0.05) is 20.8 Å². The Kier molecular flexibility index (Phi) is 4.67. The highest BCUT2D eigenvalue weighted by Gasteiger charge is 2.30. The van der Waals surface area contributed by atoms with Crippen molar-refractivity contribution in [2.75, 3.05) is 11.5 Å². The summed E-state index contributed by atoms with van der Waals surface area (Å²) in [6.07, 6.45) is 0.979. The summed E-state index contributed by atoms with van der Waals surface area (Å²) in [6.45, 7) is 6.32. The molecular formula is C10H18OS2. The van der Waals surface area contributed by atoms with Crippen molar-refractivity contribution in [1.29, 1.82) is 0 Å². The third-order valence-electron chi connectivity index (χ3n) is 2.57. The number of carbonyl (C=O) groups is 1. The molecule has 0 N–H and O–H groups in total. The molecule has 0 radical (unpaired) electrons. The maximum absolute atomic E-state index is 11.9. The molecule has 0 aromatic heterocycles. The molecule has 1 aliphatic heterocycles. The third kappa shape index (κ3) is 2.91. The number of hydrogen-bond acceptors (Lipinski definition) is 3. The van der Waals surface area contributed by atoms with E-state index in [0.29, 0.717) is 11.0 Å². The zero-order valence-corrected chi connectivity index (χ0v) is 10.2. The first-order valence-corrected chi connectivity index (χ1v) is 7.03. The number of hydrogen-bond donors (Lipinski definition) is 0. The van der Waals surface area contributed by atoms with Gasteiger partial charge in [0, 0.05) is 22.7 Å². The molecule has 3 unspecified atom stereocenters. The Morgan fingerprint density at radius 3 is 2.62 bits per heavy atom. The first-order chi connectivity index (χ1) is 6.16. The van der Waals surface area contributed by atoms with Gasteiger partial charge in [-0.15, -0.1) is 11.8 Å². The fourth-order valence-corrected chi connectivity index (χ4v) is 4.27. The molecule has 0 aromatic carbocycles. The molecule has 76 valence electrons. The van der Waals surface area contributed by atoms with E-state index in [-0.39, 0.29) is 11.2 Å². The smallest absolute Gasteiger partial charge is 0.149 e. The lowest BCUT2D eigenvalue weighted by molar-refractivity contribution is -0.121. The average molecular weight is 218 g/mol. The van der Waals surface area contributed by atoms with Crippen LogP contribution in [-0.2, 0) is 4.79 Å². The highest BCUT2D eigenvalue weighted by Crippen LogP contribution is 2.33. The topological polar surface area (TPSA) is 17.1 Å². The first kappa shape index (κ1) is 11.4. The monoisotopic (exact) mass is 218 g/mol. The molecular weight excluding hydrogens is 200 g/mol. The van der Waals surface area contributed by atoms with Gasteiger partial charge in [-0.05, 0) is 6.42 Å². The van der Waals surface area contributed by atoms with Crippen molar-refractivity contribution in [3.05, 3.63) is 0 Å². The van der Waals surface area contributed by atoms with Crippen molar-refractivity contribution in [2.24, 2.45) is 5.92 Å². The van der Waals surface area contributed by atoms with Crippen LogP contribution < -0.4 is 0 Å². The normalized spacial score (nSPS) is 31.3. The molecule has 0 saturated carbocycles. The Morgan fingerprint density at radius 2 is 2.08 bits per heavy atom. The number of carbonyl (C=O) groups excluding carboxylic acids is 1. The molecule has 0 bridgehead atoms. The number of Topliss-reactive ketones (excluding diaryl/α,β-unsaturated/α-hetero) is 1. The van der Waals surface area contributed by atoms with Crippen LogP contribution in [0.5, 0.6) is 0 Å². The minimum absolute atomic E-state index is 0.249. The number of ketones is 1. The lowest BCUT2D eigenvalue weighted by atomic mass is 10.00. The first-order valence-electron chi connectivity index (χ1n) is 4.93. The second-order valence-corrected chi connectivity index (χ2v) is 6.31. The molecule has 1 saturated heterocycles. The van der Waals surface area contributed by atoms with Crippen LogP contribution in [0.1, 0.15) is 27.2 Å². The van der Waals surface area contributed by atoms with Crippen LogP contribution in [0.25, 0.3) is 0 Å². The Labute approximate surface area is 89.4 Å². The van der Waals surface area contributed by atoms with Gasteiger partial charge in [0.25, 0.3) is 0 Å². The summed E-state index contributed by atoms with van der Waals surface area (Å²) in [6, 6.07) is 0. The van der Waals surface area contributed by atoms with E-state index >= 15 is 0 Å². The Hall–Kier alpha value is 0.370. The van der Waals surface area contributed by atoms with E-state index in [4.69, 9.17) is 0 Å². The number of rotatable bonds is 3. The Balaban J connectivity index is 2.53. The van der Waals surface area contributed by atoms with Crippen LogP contribution in [0.2, 0.25) is 0 Å². The van der Waals surface area contributed by atoms with Crippen molar-refractivity contribution < 1.29 is 4.79 Å². The van der Waals surface area contributed by atoms with Gasteiger partial charge < -0.3 is 0 Å². The minimum atomic E-state index is 0.249. The molecule has 1 fully saturated rings. The summed E-state index contributed by atoms with van der Waals surface area (Å²) in [5.74, 6) is 3.06. The van der Waals surface area contributed by atoms with Gasteiger partial charge in [0.1, 0.15) is 5.78 Å². The SMILES string of the molecule is CCC(C)C(=O)C1SCCSC1C. The van der Waals surface area contributed by atoms with Crippen LogP contribution >= 0.6 is 23.5 Å².